The van der Waals surface area contributed by atoms with Crippen LogP contribution in [-0.2, 0) is 17.1 Å². The summed E-state index contributed by atoms with van der Waals surface area (Å²) in [6, 6.07) is 23.9. The maximum absolute atomic E-state index is 13.5. The first-order valence-corrected chi connectivity index (χ1v) is 11.2. The van der Waals surface area contributed by atoms with Gasteiger partial charge in [-0.05, 0) is 35.7 Å². The molecule has 2 aromatic carbocycles. The van der Waals surface area contributed by atoms with Gasteiger partial charge in [0, 0.05) is 18.5 Å². The molecule has 5 rings (SSSR count). The van der Waals surface area contributed by atoms with Crippen molar-refractivity contribution in [2.24, 2.45) is 4.99 Å². The lowest BCUT2D eigenvalue weighted by atomic mass is 9.93. The molecule has 0 saturated heterocycles. The number of pyridine rings is 1. The molecule has 1 atom stereocenters. The summed E-state index contributed by atoms with van der Waals surface area (Å²) in [6.45, 7) is 2.63. The van der Waals surface area contributed by atoms with Crippen molar-refractivity contribution in [3.05, 3.63) is 107 Å². The average Bonchev–Trinajstić information content (AvgIpc) is 2.98. The van der Waals surface area contributed by atoms with Gasteiger partial charge in [0.1, 0.15) is 5.82 Å². The molecule has 1 aromatic heterocycles. The number of benzene rings is 2. The summed E-state index contributed by atoms with van der Waals surface area (Å²) in [5.41, 5.74) is 5.05. The van der Waals surface area contributed by atoms with Crippen LogP contribution in [0.5, 0.6) is 0 Å². The number of carbonyl (C=O) groups excluding carboxylic acids is 1. The van der Waals surface area contributed by atoms with Crippen molar-refractivity contribution in [2.75, 3.05) is 5.32 Å². The molecule has 0 bridgehead atoms. The van der Waals surface area contributed by atoms with Crippen LogP contribution in [0.3, 0.4) is 0 Å². The van der Waals surface area contributed by atoms with E-state index in [4.69, 9.17) is 4.99 Å². The second-order valence-electron chi connectivity index (χ2n) is 7.56. The fourth-order valence-corrected chi connectivity index (χ4v) is 5.18. The molecular formula is C25H22N4OS. The second-order valence-corrected chi connectivity index (χ2v) is 8.50. The van der Waals surface area contributed by atoms with Crippen LogP contribution in [0.2, 0.25) is 0 Å². The Balaban J connectivity index is 1.59. The fraction of sp³-hybridized carbons (Fsp3) is 0.160. The van der Waals surface area contributed by atoms with Crippen LogP contribution < -0.4 is 5.32 Å². The van der Waals surface area contributed by atoms with Crippen molar-refractivity contribution in [3.63, 3.8) is 0 Å². The molecule has 6 heteroatoms. The number of thioether (sulfide) groups is 1. The summed E-state index contributed by atoms with van der Waals surface area (Å²) >= 11 is 1.73. The first-order chi connectivity index (χ1) is 15.2. The lowest BCUT2D eigenvalue weighted by molar-refractivity contribution is -0.113. The number of amidine groups is 1. The quantitative estimate of drug-likeness (QED) is 0.629. The average molecular weight is 427 g/mol. The highest BCUT2D eigenvalue weighted by Crippen LogP contribution is 2.41. The van der Waals surface area contributed by atoms with Crippen LogP contribution in [0.1, 0.15) is 29.7 Å². The van der Waals surface area contributed by atoms with Crippen molar-refractivity contribution >= 4 is 28.7 Å². The molecule has 0 spiro atoms. The third kappa shape index (κ3) is 3.86. The zero-order valence-electron chi connectivity index (χ0n) is 17.2. The molecule has 154 valence electrons. The Morgan fingerprint density at radius 2 is 1.74 bits per heavy atom. The van der Waals surface area contributed by atoms with Gasteiger partial charge in [0.25, 0.3) is 5.91 Å². The van der Waals surface area contributed by atoms with E-state index < -0.39 is 0 Å². The summed E-state index contributed by atoms with van der Waals surface area (Å²) in [6.07, 6.45) is 1.67. The number of allylic oxidation sites excluding steroid dienone is 1. The number of rotatable bonds is 3. The summed E-state index contributed by atoms with van der Waals surface area (Å²) in [5, 5.41) is 3.92. The number of aliphatic imine (C=N–C) groups is 1. The van der Waals surface area contributed by atoms with Gasteiger partial charge in [-0.15, -0.1) is 0 Å². The summed E-state index contributed by atoms with van der Waals surface area (Å²) in [7, 11) is 0. The Morgan fingerprint density at radius 1 is 1.00 bits per heavy atom. The highest BCUT2D eigenvalue weighted by atomic mass is 32.2. The third-order valence-corrected chi connectivity index (χ3v) is 6.61. The lowest BCUT2D eigenvalue weighted by Crippen LogP contribution is -2.39. The molecule has 0 fully saturated rings. The summed E-state index contributed by atoms with van der Waals surface area (Å²) in [5.74, 6) is 1.23. The smallest absolute Gasteiger partial charge is 0.257 e. The van der Waals surface area contributed by atoms with E-state index in [1.165, 1.54) is 11.1 Å². The second kappa shape index (κ2) is 8.40. The van der Waals surface area contributed by atoms with E-state index in [1.807, 2.05) is 37.3 Å². The molecule has 3 heterocycles. The SMILES string of the molecule is CC1=C(C(=O)Nc2ccccn2)C(c2ccccc2)N2Cc3ccccc3CSC2=N1. The topological polar surface area (TPSA) is 57.6 Å². The van der Waals surface area contributed by atoms with Crippen LogP contribution >= 0.6 is 11.8 Å². The molecule has 0 radical (unpaired) electrons. The molecule has 2 aliphatic rings. The standard InChI is InChI=1S/C25H22N4OS/c1-17-22(24(30)28-21-13-7-8-14-26-21)23(18-9-3-2-4-10-18)29-15-19-11-5-6-12-20(19)16-31-25(29)27-17/h2-14,23H,15-16H2,1H3,(H,26,28,30). The Bertz CT molecular complexity index is 1170. The van der Waals surface area contributed by atoms with Crippen LogP contribution in [0.4, 0.5) is 5.82 Å². The van der Waals surface area contributed by atoms with Crippen LogP contribution in [-0.4, -0.2) is 21.0 Å². The lowest BCUT2D eigenvalue weighted by Gasteiger charge is -2.37. The molecule has 2 aliphatic heterocycles. The van der Waals surface area contributed by atoms with Gasteiger partial charge in [0.15, 0.2) is 5.17 Å². The molecule has 0 aliphatic carbocycles. The van der Waals surface area contributed by atoms with E-state index in [9.17, 15) is 4.79 Å². The molecular weight excluding hydrogens is 404 g/mol. The Labute approximate surface area is 185 Å². The van der Waals surface area contributed by atoms with E-state index in [2.05, 4.69) is 51.6 Å². The number of hydrogen-bond acceptors (Lipinski definition) is 5. The van der Waals surface area contributed by atoms with Gasteiger partial charge in [-0.1, -0.05) is 72.4 Å². The first kappa shape index (κ1) is 19.6. The highest BCUT2D eigenvalue weighted by molar-refractivity contribution is 8.13. The zero-order valence-corrected chi connectivity index (χ0v) is 18.0. The Hall–Kier alpha value is -3.38. The van der Waals surface area contributed by atoms with Crippen molar-refractivity contribution < 1.29 is 4.79 Å². The van der Waals surface area contributed by atoms with Crippen molar-refractivity contribution in [2.45, 2.75) is 25.3 Å². The third-order valence-electron chi connectivity index (χ3n) is 5.57. The minimum absolute atomic E-state index is 0.171. The first-order valence-electron chi connectivity index (χ1n) is 10.2. The number of nitrogens with one attached hydrogen (secondary N) is 1. The number of hydrogen-bond donors (Lipinski definition) is 1. The predicted molar refractivity (Wildman–Crippen MR) is 125 cm³/mol. The van der Waals surface area contributed by atoms with Crippen molar-refractivity contribution in [1.29, 1.82) is 0 Å². The fourth-order valence-electron chi connectivity index (χ4n) is 4.08. The van der Waals surface area contributed by atoms with Gasteiger partial charge < -0.3 is 10.2 Å². The van der Waals surface area contributed by atoms with Gasteiger partial charge in [0.05, 0.1) is 17.3 Å². The number of anilines is 1. The summed E-state index contributed by atoms with van der Waals surface area (Å²) in [4.78, 5) is 24.8. The number of amides is 1. The van der Waals surface area contributed by atoms with Gasteiger partial charge in [-0.3, -0.25) is 4.79 Å². The number of nitrogens with zero attached hydrogens (tertiary/aromatic N) is 3. The van der Waals surface area contributed by atoms with Crippen LogP contribution in [0.25, 0.3) is 0 Å². The van der Waals surface area contributed by atoms with E-state index in [1.54, 1.807) is 24.0 Å². The van der Waals surface area contributed by atoms with Crippen LogP contribution in [0, 0.1) is 0 Å². The predicted octanol–water partition coefficient (Wildman–Crippen LogP) is 5.15. The minimum Gasteiger partial charge on any atom is -0.335 e. The molecule has 5 nitrogen and oxygen atoms in total. The molecule has 3 aromatic rings. The van der Waals surface area contributed by atoms with E-state index in [0.29, 0.717) is 17.9 Å². The number of aromatic nitrogens is 1. The maximum Gasteiger partial charge on any atom is 0.257 e. The highest BCUT2D eigenvalue weighted by Gasteiger charge is 2.37. The van der Waals surface area contributed by atoms with Gasteiger partial charge in [-0.2, -0.15) is 0 Å². The number of fused-ring (bicyclic) bond motifs is 2. The minimum atomic E-state index is -0.226. The maximum atomic E-state index is 13.5. The molecule has 0 saturated carbocycles. The van der Waals surface area contributed by atoms with E-state index in [0.717, 1.165) is 22.2 Å². The Kier molecular flexibility index (Phi) is 5.30. The molecule has 1 unspecified atom stereocenters. The number of carbonyl (C=O) groups is 1. The monoisotopic (exact) mass is 426 g/mol. The molecule has 1 N–H and O–H groups in total. The molecule has 31 heavy (non-hydrogen) atoms. The van der Waals surface area contributed by atoms with Crippen LogP contribution in [0.15, 0.2) is 95.3 Å². The van der Waals surface area contributed by atoms with Gasteiger partial charge in [-0.25, -0.2) is 9.98 Å². The zero-order chi connectivity index (χ0) is 21.2. The van der Waals surface area contributed by atoms with Crippen molar-refractivity contribution in [3.8, 4) is 0 Å². The Morgan fingerprint density at radius 3 is 2.52 bits per heavy atom. The van der Waals surface area contributed by atoms with Gasteiger partial charge in [0.2, 0.25) is 0 Å². The normalized spacial score (nSPS) is 17.9. The van der Waals surface area contributed by atoms with E-state index >= 15 is 0 Å². The molecule has 1 amide bonds. The summed E-state index contributed by atoms with van der Waals surface area (Å²) < 4.78 is 0. The van der Waals surface area contributed by atoms with E-state index in [-0.39, 0.29) is 11.9 Å². The van der Waals surface area contributed by atoms with Crippen molar-refractivity contribution in [1.82, 2.24) is 9.88 Å². The van der Waals surface area contributed by atoms with Gasteiger partial charge >= 0.3 is 0 Å². The largest absolute Gasteiger partial charge is 0.335 e.